The summed E-state index contributed by atoms with van der Waals surface area (Å²) in [5, 5.41) is 0. The van der Waals surface area contributed by atoms with E-state index in [-0.39, 0.29) is 24.4 Å². The third-order valence-electron chi connectivity index (χ3n) is 10.1. The minimum atomic E-state index is 0.0272. The van der Waals surface area contributed by atoms with Gasteiger partial charge in [0.25, 0.3) is 0 Å². The highest BCUT2D eigenvalue weighted by atomic mass is 16.6. The molecule has 0 aromatic carbocycles. The number of hydrogen-bond acceptors (Lipinski definition) is 5. The highest BCUT2D eigenvalue weighted by molar-refractivity contribution is 4.82. The van der Waals surface area contributed by atoms with E-state index in [1.807, 2.05) is 0 Å². The Bertz CT molecular complexity index is 739. The third kappa shape index (κ3) is 43.9. The van der Waals surface area contributed by atoms with Crippen molar-refractivity contribution in [1.82, 2.24) is 0 Å². The Kier molecular flexibility index (Phi) is 43.4. The second-order valence-electron chi connectivity index (χ2n) is 16.1. The molecule has 0 aromatic rings. The van der Waals surface area contributed by atoms with Crippen molar-refractivity contribution in [3.05, 3.63) is 24.3 Å². The van der Waals surface area contributed by atoms with Gasteiger partial charge in [-0.1, -0.05) is 154 Å². The summed E-state index contributed by atoms with van der Waals surface area (Å²) in [4.78, 5) is 0. The predicted molar refractivity (Wildman–Crippen MR) is 231 cm³/mol. The largest absolute Gasteiger partial charge is 0.379 e. The van der Waals surface area contributed by atoms with E-state index in [0.29, 0.717) is 26.4 Å². The van der Waals surface area contributed by atoms with Crippen molar-refractivity contribution in [3.8, 4) is 0 Å². The lowest BCUT2D eigenvalue weighted by molar-refractivity contribution is -0.0922. The summed E-state index contributed by atoms with van der Waals surface area (Å²) >= 11 is 0. The van der Waals surface area contributed by atoms with Crippen molar-refractivity contribution in [2.45, 2.75) is 246 Å². The van der Waals surface area contributed by atoms with E-state index in [4.69, 9.17) is 23.7 Å². The zero-order valence-corrected chi connectivity index (χ0v) is 36.7. The van der Waals surface area contributed by atoms with Gasteiger partial charge >= 0.3 is 0 Å². The smallest absolute Gasteiger partial charge is 0.0781 e. The van der Waals surface area contributed by atoms with E-state index in [2.05, 4.69) is 65.8 Å². The van der Waals surface area contributed by atoms with Gasteiger partial charge in [0.1, 0.15) is 0 Å². The second-order valence-corrected chi connectivity index (χ2v) is 16.1. The van der Waals surface area contributed by atoms with E-state index in [9.17, 15) is 0 Å². The van der Waals surface area contributed by atoms with Crippen LogP contribution in [0.1, 0.15) is 221 Å². The fourth-order valence-corrected chi connectivity index (χ4v) is 6.43. The maximum Gasteiger partial charge on any atom is 0.0781 e. The molecule has 0 bridgehead atoms. The fraction of sp³-hybridized carbons (Fsp3) is 0.917. The van der Waals surface area contributed by atoms with Crippen LogP contribution in [0.15, 0.2) is 24.3 Å². The molecule has 0 saturated heterocycles. The third-order valence-corrected chi connectivity index (χ3v) is 10.1. The lowest BCUT2D eigenvalue weighted by Gasteiger charge is -2.21. The lowest BCUT2D eigenvalue weighted by atomic mass is 10.1. The molecule has 0 aliphatic rings. The Morgan fingerprint density at radius 2 is 0.585 bits per heavy atom. The van der Waals surface area contributed by atoms with Crippen molar-refractivity contribution in [2.24, 2.45) is 0 Å². The van der Waals surface area contributed by atoms with Gasteiger partial charge in [-0.15, -0.1) is 0 Å². The van der Waals surface area contributed by atoms with Gasteiger partial charge in [-0.25, -0.2) is 0 Å². The molecule has 0 fully saturated rings. The Morgan fingerprint density at radius 1 is 0.302 bits per heavy atom. The first-order chi connectivity index (χ1) is 26.0. The summed E-state index contributed by atoms with van der Waals surface area (Å²) in [7, 11) is 0. The maximum atomic E-state index is 5.99. The molecule has 0 saturated carbocycles. The number of unbranched alkanes of at least 4 members (excludes halogenated alkanes) is 24. The summed E-state index contributed by atoms with van der Waals surface area (Å²) in [5.74, 6) is 0. The molecule has 0 rings (SSSR count). The molecule has 5 heteroatoms. The number of rotatable bonds is 44. The van der Waals surface area contributed by atoms with Crippen LogP contribution in [0.25, 0.3) is 0 Å². The Balaban J connectivity index is 3.48. The van der Waals surface area contributed by atoms with E-state index in [1.54, 1.807) is 0 Å². The maximum absolute atomic E-state index is 5.99. The summed E-state index contributed by atoms with van der Waals surface area (Å²) < 4.78 is 29.8. The Labute approximate surface area is 332 Å². The molecule has 0 N–H and O–H groups in total. The molecule has 4 atom stereocenters. The van der Waals surface area contributed by atoms with E-state index < -0.39 is 0 Å². The van der Waals surface area contributed by atoms with Gasteiger partial charge in [0.15, 0.2) is 0 Å². The molecule has 0 heterocycles. The molecule has 316 valence electrons. The summed E-state index contributed by atoms with van der Waals surface area (Å²) in [5.41, 5.74) is 0. The average molecular weight is 751 g/mol. The van der Waals surface area contributed by atoms with Crippen LogP contribution in [0.5, 0.6) is 0 Å². The highest BCUT2D eigenvalue weighted by Gasteiger charge is 2.12. The molecule has 0 aliphatic carbocycles. The monoisotopic (exact) mass is 751 g/mol. The number of ether oxygens (including phenoxy) is 5. The predicted octanol–water partition coefficient (Wildman–Crippen LogP) is 14.7. The van der Waals surface area contributed by atoms with Gasteiger partial charge in [-0.3, -0.25) is 0 Å². The summed E-state index contributed by atoms with van der Waals surface area (Å²) in [6.45, 7) is 16.9. The van der Waals surface area contributed by atoms with Gasteiger partial charge in [-0.2, -0.15) is 0 Å². The molecule has 53 heavy (non-hydrogen) atoms. The van der Waals surface area contributed by atoms with Gasteiger partial charge in [0, 0.05) is 13.2 Å². The standard InChI is InChI=1S/C48H94O5/c1-7-9-11-13-15-17-19-21-23-25-27-29-31-33-35-37-39-49-41-45(3)51-43-47(5)53-44-48(6)52-42-46(4)50-40-38-36-34-32-30-28-26-24-22-20-18-16-14-12-10-8-2/h21-24,45-48H,7-20,25-44H2,1-6H3/b23-21-,24-22-. The van der Waals surface area contributed by atoms with Crippen LogP contribution in [0.3, 0.4) is 0 Å². The van der Waals surface area contributed by atoms with Crippen molar-refractivity contribution >= 4 is 0 Å². The fourth-order valence-electron chi connectivity index (χ4n) is 6.43. The van der Waals surface area contributed by atoms with Gasteiger partial charge in [0.05, 0.1) is 50.8 Å². The molecular weight excluding hydrogens is 657 g/mol. The van der Waals surface area contributed by atoms with Gasteiger partial charge in [0.2, 0.25) is 0 Å². The van der Waals surface area contributed by atoms with Gasteiger partial charge in [-0.05, 0) is 91.9 Å². The van der Waals surface area contributed by atoms with E-state index in [0.717, 1.165) is 26.1 Å². The molecule has 0 spiro atoms. The van der Waals surface area contributed by atoms with Crippen molar-refractivity contribution in [2.75, 3.05) is 39.6 Å². The average Bonchev–Trinajstić information content (AvgIpc) is 3.16. The normalized spacial score (nSPS) is 14.5. The van der Waals surface area contributed by atoms with Crippen LogP contribution in [0.4, 0.5) is 0 Å². The summed E-state index contributed by atoms with van der Waals surface area (Å²) in [6, 6.07) is 0. The van der Waals surface area contributed by atoms with Crippen LogP contribution < -0.4 is 0 Å². The molecule has 0 aromatic heterocycles. The first-order valence-electron chi connectivity index (χ1n) is 23.3. The second kappa shape index (κ2) is 44.0. The lowest BCUT2D eigenvalue weighted by Crippen LogP contribution is -2.28. The van der Waals surface area contributed by atoms with Crippen LogP contribution in [0, 0.1) is 0 Å². The summed E-state index contributed by atoms with van der Waals surface area (Å²) in [6.07, 6.45) is 47.1. The highest BCUT2D eigenvalue weighted by Crippen LogP contribution is 2.12. The molecular formula is C48H94O5. The molecule has 4 unspecified atom stereocenters. The van der Waals surface area contributed by atoms with E-state index in [1.165, 1.54) is 167 Å². The molecule has 0 aliphatic heterocycles. The zero-order chi connectivity index (χ0) is 38.7. The van der Waals surface area contributed by atoms with Crippen LogP contribution in [-0.2, 0) is 23.7 Å². The van der Waals surface area contributed by atoms with Gasteiger partial charge < -0.3 is 23.7 Å². The number of allylic oxidation sites excluding steroid dienone is 4. The van der Waals surface area contributed by atoms with E-state index >= 15 is 0 Å². The van der Waals surface area contributed by atoms with Crippen LogP contribution in [0.2, 0.25) is 0 Å². The Hall–Kier alpha value is -0.720. The zero-order valence-electron chi connectivity index (χ0n) is 36.7. The van der Waals surface area contributed by atoms with Crippen LogP contribution in [-0.4, -0.2) is 64.1 Å². The quantitative estimate of drug-likeness (QED) is 0.0458. The first kappa shape index (κ1) is 52.3. The minimum absolute atomic E-state index is 0.0272. The van der Waals surface area contributed by atoms with Crippen molar-refractivity contribution < 1.29 is 23.7 Å². The van der Waals surface area contributed by atoms with Crippen molar-refractivity contribution in [3.63, 3.8) is 0 Å². The van der Waals surface area contributed by atoms with Crippen molar-refractivity contribution in [1.29, 1.82) is 0 Å². The molecule has 0 radical (unpaired) electrons. The minimum Gasteiger partial charge on any atom is -0.379 e. The topological polar surface area (TPSA) is 46.2 Å². The van der Waals surface area contributed by atoms with Crippen LogP contribution >= 0.6 is 0 Å². The molecule has 5 nitrogen and oxygen atoms in total. The number of hydrogen-bond donors (Lipinski definition) is 0. The first-order valence-corrected chi connectivity index (χ1v) is 23.3. The molecule has 0 amide bonds. The Morgan fingerprint density at radius 3 is 0.962 bits per heavy atom. The SMILES string of the molecule is CCCCCCCC/C=C\CCCCCCCCOCC(C)OCC(C)OCC(C)OCC(C)OCCCCCCCC/C=C\CCCCCCCC.